The van der Waals surface area contributed by atoms with Crippen molar-refractivity contribution in [2.45, 2.75) is 287 Å². The quantitative estimate of drug-likeness (QED) is 0.0210. The molecule has 40 atom stereocenters. The molecule has 8 aliphatic rings. The summed E-state index contributed by atoms with van der Waals surface area (Å²) in [6.45, 7) is 2.24. The summed E-state index contributed by atoms with van der Waals surface area (Å²) >= 11 is 0. The van der Waals surface area contributed by atoms with E-state index in [1.807, 2.05) is 0 Å². The smallest absolute Gasteiger partial charge is 0.550 e. The molecule has 660 valence electrons. The number of hydrogen-bond donors (Lipinski definition) is 18. The van der Waals surface area contributed by atoms with E-state index < -0.39 is 360 Å². The fraction of sp³-hybridized carbons (Fsp3) is 0.877. The molecule has 38 unspecified atom stereocenters. The van der Waals surface area contributed by atoms with E-state index in [1.54, 1.807) is 0 Å². The number of rotatable bonds is 34. The number of carbonyl (C=O) groups is 8. The van der Waals surface area contributed by atoms with Gasteiger partial charge >= 0.3 is 118 Å². The summed E-state index contributed by atoms with van der Waals surface area (Å²) in [5.41, 5.74) is 0. The molecule has 7 aliphatic heterocycles. The van der Waals surface area contributed by atoms with Crippen LogP contribution in [0.3, 0.4) is 0 Å². The number of aliphatic hydroxyl groups excluding tert-OH is 14. The Morgan fingerprint density at radius 1 is 0.361 bits per heavy atom. The molecule has 0 spiro atoms. The Morgan fingerprint density at radius 2 is 0.655 bits per heavy atom. The van der Waals surface area contributed by atoms with Crippen LogP contribution in [0.15, 0.2) is 0 Å². The zero-order chi connectivity index (χ0) is 85.4. The maximum atomic E-state index is 13.4. The van der Waals surface area contributed by atoms with Gasteiger partial charge in [-0.05, 0) is 20.3 Å². The van der Waals surface area contributed by atoms with Crippen molar-refractivity contribution in [2.24, 2.45) is 5.92 Å². The third-order valence-electron chi connectivity index (χ3n) is 20.7. The normalized spacial score (nSPS) is 42.4. The minimum absolute atomic E-state index is 0. The van der Waals surface area contributed by atoms with E-state index in [0.717, 1.165) is 41.9 Å². The van der Waals surface area contributed by atoms with Gasteiger partial charge in [0.1, 0.15) is 171 Å². The molecule has 119 heavy (non-hydrogen) atoms. The van der Waals surface area contributed by atoms with Crippen LogP contribution in [-0.2, 0) is 129 Å². The monoisotopic (exact) mass is 1780 g/mol. The van der Waals surface area contributed by atoms with Crippen LogP contribution < -0.4 is 160 Å². The molecule has 49 nitrogen and oxygen atoms in total. The fourth-order valence-electron chi connectivity index (χ4n) is 14.9. The van der Waals surface area contributed by atoms with Crippen molar-refractivity contribution in [1.29, 1.82) is 0 Å². The summed E-state index contributed by atoms with van der Waals surface area (Å²) in [5.74, 6) is -14.8. The van der Waals surface area contributed by atoms with Gasteiger partial charge in [0.15, 0.2) is 41.3 Å². The predicted molar refractivity (Wildman–Crippen MR) is 352 cm³/mol. The topological polar surface area (TPSA) is 751 Å². The first-order valence-electron chi connectivity index (χ1n) is 36.2. The summed E-state index contributed by atoms with van der Waals surface area (Å²) in [5, 5.41) is 216. The summed E-state index contributed by atoms with van der Waals surface area (Å²) in [6, 6.07) is -6.44. The van der Waals surface area contributed by atoms with E-state index in [0.29, 0.717) is 0 Å². The molecule has 1 saturated carbocycles. The molecule has 0 aromatic rings. The van der Waals surface area contributed by atoms with Crippen molar-refractivity contribution in [3.63, 3.8) is 0 Å². The van der Waals surface area contributed by atoms with Crippen molar-refractivity contribution in [3.8, 4) is 0 Å². The van der Waals surface area contributed by atoms with E-state index in [9.17, 15) is 139 Å². The van der Waals surface area contributed by atoms with Gasteiger partial charge in [-0.1, -0.05) is 0 Å². The van der Waals surface area contributed by atoms with Gasteiger partial charge in [0.05, 0.1) is 106 Å². The third kappa shape index (κ3) is 26.8. The van der Waals surface area contributed by atoms with Crippen LogP contribution in [0.4, 0.5) is 0 Å². The Bertz CT molecular complexity index is 3200. The number of sulfone groups is 1. The summed E-state index contributed by atoms with van der Waals surface area (Å²) in [4.78, 5) is 100. The van der Waals surface area contributed by atoms with Crippen LogP contribution in [0.2, 0.25) is 0 Å². The van der Waals surface area contributed by atoms with E-state index in [2.05, 4.69) is 21.3 Å². The van der Waals surface area contributed by atoms with Gasteiger partial charge in [-0.3, -0.25) is 19.2 Å². The molecular weight excluding hydrogens is 1680 g/mol. The minimum Gasteiger partial charge on any atom is -0.550 e. The van der Waals surface area contributed by atoms with Crippen LogP contribution in [0.25, 0.3) is 0 Å². The molecular formula is C65H100N4Na4O45S. The molecule has 18 N–H and O–H groups in total. The van der Waals surface area contributed by atoms with Gasteiger partial charge in [-0.15, -0.1) is 0 Å². The molecule has 1 aliphatic carbocycles. The minimum atomic E-state index is -4.13. The number of carbonyl (C=O) groups excluding carboxylic acids is 8. The maximum Gasteiger partial charge on any atom is 1.00 e. The van der Waals surface area contributed by atoms with Gasteiger partial charge in [-0.2, -0.15) is 0 Å². The van der Waals surface area contributed by atoms with Gasteiger partial charge in [0, 0.05) is 53.8 Å². The molecule has 0 aromatic heterocycles. The van der Waals surface area contributed by atoms with Crippen LogP contribution >= 0.6 is 0 Å². The number of nitrogens with one attached hydrogen (secondary N) is 4. The first-order chi connectivity index (χ1) is 54.0. The Kier molecular flexibility index (Phi) is 45.0. The summed E-state index contributed by atoms with van der Waals surface area (Å²) in [7, 11) is -2.18. The van der Waals surface area contributed by atoms with Crippen LogP contribution in [0.1, 0.15) is 48.0 Å². The van der Waals surface area contributed by atoms with Gasteiger partial charge in [-0.25, -0.2) is 8.42 Å². The van der Waals surface area contributed by atoms with E-state index in [-0.39, 0.29) is 118 Å². The zero-order valence-electron chi connectivity index (χ0n) is 66.8. The zero-order valence-corrected chi connectivity index (χ0v) is 75.6. The first kappa shape index (κ1) is 110. The molecule has 54 heteroatoms. The Labute approximate surface area is 767 Å². The molecule has 8 rings (SSSR count). The number of amides is 4. The molecule has 0 radical (unpaired) electrons. The number of aliphatic hydroxyl groups is 14. The van der Waals surface area contributed by atoms with E-state index >= 15 is 0 Å². The number of hydrogen-bond acceptors (Lipinski definition) is 45. The molecule has 0 bridgehead atoms. The van der Waals surface area contributed by atoms with E-state index in [1.165, 1.54) is 13.8 Å². The van der Waals surface area contributed by atoms with Gasteiger partial charge < -0.3 is 213 Å². The average molecular weight is 1780 g/mol. The van der Waals surface area contributed by atoms with Crippen LogP contribution in [-0.4, -0.2) is 432 Å². The molecule has 7 heterocycles. The van der Waals surface area contributed by atoms with Crippen LogP contribution in [0, 0.1) is 5.92 Å². The Morgan fingerprint density at radius 3 is 0.983 bits per heavy atom. The Balaban J connectivity index is 0.00000744. The second-order valence-electron chi connectivity index (χ2n) is 28.7. The standard InChI is InChI=1S/C65H104N4O45S.4Na/c1-18-30(66-20(3)72)47(104-25-13-24(57(88)89)46(39(81)34(25)76)107-61-32(68-22(5)74)49(35(77)26(14-70)105-61)109-63-43(85)40(82)51(98-7)54(112-63)58(90)91)37(79)28(102-18)16-100-9-11-115(96,97)12-10-101-17-29-38(80)48(31(19(2)103-29)67-21(4)73)108-65-45(87)42(84)53(56(114-65)60(94)95)111-62-33(69-23(6)75)50(36(78)27(15-71)106-62)110-64-44(86)41(83)52(99-8)55(113-64)59(92)93;;;;/h18-19,24-56,61-65,70-71,76-87H,9-17H2,1-8H3,(H,66,72)(H,67,73)(H,68,74)(H,69,75)(H,88,89)(H,90,91)(H,92,93)(H,94,95);;;;/q;4*+1/p-4/t18-,19+,24?,25?,26?,27?,28?,29?,30?,31?,32?,33?,34?,35?,36?,37?,38?,39?,40?,41?,42?,43?,44?,45?,46?,47?,48?,49?,50?,51?,52?,53?,54?,55?,56?,61?,62?,63?,64?,65?;;;;/m0..../s1. The molecule has 0 aromatic carbocycles. The van der Waals surface area contributed by atoms with E-state index in [4.69, 9.17) is 80.5 Å². The molecule has 4 amide bonds. The van der Waals surface area contributed by atoms with Crippen molar-refractivity contribution in [3.05, 3.63) is 0 Å². The van der Waals surface area contributed by atoms with Gasteiger partial charge in [0.25, 0.3) is 0 Å². The van der Waals surface area contributed by atoms with Gasteiger partial charge in [0.2, 0.25) is 23.6 Å². The number of ether oxygens (including phenoxy) is 17. The number of carboxylic acid groups (broad SMARTS) is 4. The average Bonchev–Trinajstić information content (AvgIpc) is 0.765. The van der Waals surface area contributed by atoms with Crippen LogP contribution in [0.5, 0.6) is 0 Å². The summed E-state index contributed by atoms with van der Waals surface area (Å²) < 4.78 is 123. The third-order valence-corrected chi connectivity index (χ3v) is 22.3. The number of aliphatic carboxylic acids is 4. The second-order valence-corrected chi connectivity index (χ2v) is 31.0. The largest absolute Gasteiger partial charge is 1.00 e. The SMILES string of the molecule is COC1C(C(=O)[O-])OC(OC2C(O)C(CO)OC(OC3C(C(=O)[O-])CC(OC4C(O)C(COCCS(=O)(=O)CCOCC5O[C@H](C)C(NC(C)=O)C(OC6OC(C(=O)[O-])C(OC7OC(CO)C(O)C(OC8OC(C(=O)[O-])C(OC)C(O)C8O)C7NC(C)=O)C(O)C6O)C5O)O[C@@H](C)C4NC(C)=O)C(O)C3O)C2NC(C)=O)C(O)C1O.[Na+].[Na+].[Na+].[Na+]. The second kappa shape index (κ2) is 48.8. The van der Waals surface area contributed by atoms with Crippen molar-refractivity contribution in [1.82, 2.24) is 21.3 Å². The summed E-state index contributed by atoms with van der Waals surface area (Å²) in [6.07, 6.45) is -69.9. The maximum absolute atomic E-state index is 13.4. The predicted octanol–water partition coefficient (Wildman–Crippen LogP) is -31.3. The number of carboxylic acids is 4. The van der Waals surface area contributed by atoms with Crippen molar-refractivity contribution in [2.75, 3.05) is 65.4 Å². The van der Waals surface area contributed by atoms with Crippen molar-refractivity contribution < 1.29 is 337 Å². The number of methoxy groups -OCH3 is 2. The Hall–Kier alpha value is -1.53. The first-order valence-corrected chi connectivity index (χ1v) is 38.1. The molecule has 8 fully saturated rings. The molecule has 7 saturated heterocycles. The fourth-order valence-corrected chi connectivity index (χ4v) is 15.8. The van der Waals surface area contributed by atoms with Crippen molar-refractivity contribution >= 4 is 57.3 Å².